The number of nitrogens with zero attached hydrogens (tertiary/aromatic N) is 2. The predicted octanol–water partition coefficient (Wildman–Crippen LogP) is 6.33. The van der Waals surface area contributed by atoms with E-state index in [-0.39, 0.29) is 16.0 Å². The quantitative estimate of drug-likeness (QED) is 0.307. The molecular formula is C23H14F4N2O2S2. The summed E-state index contributed by atoms with van der Waals surface area (Å²) in [5.41, 5.74) is -1.24. The van der Waals surface area contributed by atoms with Crippen molar-refractivity contribution in [2.24, 2.45) is 0 Å². The van der Waals surface area contributed by atoms with Crippen molar-refractivity contribution in [1.29, 1.82) is 5.26 Å². The summed E-state index contributed by atoms with van der Waals surface area (Å²) in [6.07, 6.45) is -4.92. The van der Waals surface area contributed by atoms with E-state index in [1.165, 1.54) is 24.3 Å². The zero-order valence-corrected chi connectivity index (χ0v) is 18.3. The molecular weight excluding hydrogens is 476 g/mol. The number of sulfonamides is 1. The lowest BCUT2D eigenvalue weighted by atomic mass is 10.1. The van der Waals surface area contributed by atoms with Crippen molar-refractivity contribution in [3.8, 4) is 6.07 Å². The first-order valence-corrected chi connectivity index (χ1v) is 11.7. The SMILES string of the molecule is N#Cc1ccc(S(=O)(=O)N(Cc2ccc(F)c(C(F)(F)F)c2)c2cc3ccccc3s2)cc1. The van der Waals surface area contributed by atoms with Crippen LogP contribution in [-0.2, 0) is 22.7 Å². The molecule has 0 atom stereocenters. The van der Waals surface area contributed by atoms with E-state index in [4.69, 9.17) is 5.26 Å². The molecule has 1 aromatic heterocycles. The van der Waals surface area contributed by atoms with Gasteiger partial charge in [0, 0.05) is 4.70 Å². The molecule has 0 fully saturated rings. The number of benzene rings is 3. The van der Waals surface area contributed by atoms with Crippen LogP contribution >= 0.6 is 11.3 Å². The minimum absolute atomic E-state index is 0.0293. The van der Waals surface area contributed by atoms with Crippen molar-refractivity contribution >= 4 is 36.4 Å². The molecule has 0 saturated heterocycles. The fourth-order valence-electron chi connectivity index (χ4n) is 3.25. The molecule has 4 nitrogen and oxygen atoms in total. The molecule has 1 heterocycles. The zero-order valence-electron chi connectivity index (χ0n) is 16.7. The maximum absolute atomic E-state index is 13.8. The number of nitriles is 1. The number of anilines is 1. The lowest BCUT2D eigenvalue weighted by molar-refractivity contribution is -0.140. The van der Waals surface area contributed by atoms with Gasteiger partial charge in [-0.15, -0.1) is 11.3 Å². The topological polar surface area (TPSA) is 61.2 Å². The first-order chi connectivity index (χ1) is 15.6. The number of rotatable bonds is 5. The highest BCUT2D eigenvalue weighted by atomic mass is 32.2. The minimum Gasteiger partial charge on any atom is -0.253 e. The minimum atomic E-state index is -4.92. The van der Waals surface area contributed by atoms with E-state index in [1.807, 2.05) is 6.07 Å². The van der Waals surface area contributed by atoms with Gasteiger partial charge in [0.2, 0.25) is 0 Å². The lowest BCUT2D eigenvalue weighted by Gasteiger charge is -2.23. The van der Waals surface area contributed by atoms with Gasteiger partial charge < -0.3 is 0 Å². The van der Waals surface area contributed by atoms with Gasteiger partial charge in [-0.05, 0) is 59.5 Å². The van der Waals surface area contributed by atoms with Gasteiger partial charge in [0.15, 0.2) is 0 Å². The Balaban J connectivity index is 1.84. The number of fused-ring (bicyclic) bond motifs is 1. The van der Waals surface area contributed by atoms with E-state index in [2.05, 4.69) is 0 Å². The lowest BCUT2D eigenvalue weighted by Crippen LogP contribution is -2.30. The first kappa shape index (κ1) is 22.8. The summed E-state index contributed by atoms with van der Waals surface area (Å²) in [7, 11) is -4.22. The van der Waals surface area contributed by atoms with Crippen LogP contribution in [-0.4, -0.2) is 8.42 Å². The van der Waals surface area contributed by atoms with Crippen LogP contribution < -0.4 is 4.31 Å². The Hall–Kier alpha value is -3.42. The number of thiophene rings is 1. The maximum atomic E-state index is 13.8. The van der Waals surface area contributed by atoms with Crippen LogP contribution in [0.1, 0.15) is 16.7 Å². The molecule has 0 aliphatic rings. The van der Waals surface area contributed by atoms with Gasteiger partial charge in [0.05, 0.1) is 28.6 Å². The summed E-state index contributed by atoms with van der Waals surface area (Å²) in [6, 6.07) is 18.3. The number of halogens is 4. The third kappa shape index (κ3) is 4.55. The van der Waals surface area contributed by atoms with Gasteiger partial charge in [0.25, 0.3) is 10.0 Å². The average Bonchev–Trinajstić information content (AvgIpc) is 3.21. The van der Waals surface area contributed by atoms with Crippen LogP contribution in [0.15, 0.2) is 77.7 Å². The van der Waals surface area contributed by atoms with Gasteiger partial charge in [-0.3, -0.25) is 4.31 Å². The third-order valence-corrected chi connectivity index (χ3v) is 7.92. The van der Waals surface area contributed by atoms with Crippen LogP contribution in [0, 0.1) is 17.1 Å². The van der Waals surface area contributed by atoms with Crippen LogP contribution in [0.3, 0.4) is 0 Å². The fourth-order valence-corrected chi connectivity index (χ4v) is 5.97. The van der Waals surface area contributed by atoms with Crippen molar-refractivity contribution in [1.82, 2.24) is 0 Å². The molecule has 33 heavy (non-hydrogen) atoms. The van der Waals surface area contributed by atoms with Gasteiger partial charge in [-0.2, -0.15) is 18.4 Å². The molecule has 3 aromatic carbocycles. The largest absolute Gasteiger partial charge is 0.419 e. The average molecular weight is 491 g/mol. The van der Waals surface area contributed by atoms with E-state index in [0.29, 0.717) is 17.1 Å². The number of hydrogen-bond donors (Lipinski definition) is 0. The summed E-state index contributed by atoms with van der Waals surface area (Å²) in [5.74, 6) is -1.44. The van der Waals surface area contributed by atoms with Crippen molar-refractivity contribution in [2.45, 2.75) is 17.6 Å². The normalized spacial score (nSPS) is 12.0. The Morgan fingerprint density at radius 3 is 2.30 bits per heavy atom. The van der Waals surface area contributed by atoms with Crippen LogP contribution in [0.25, 0.3) is 10.1 Å². The monoisotopic (exact) mass is 490 g/mol. The van der Waals surface area contributed by atoms with E-state index < -0.39 is 34.1 Å². The summed E-state index contributed by atoms with van der Waals surface area (Å²) in [6.45, 7) is -0.446. The molecule has 0 bridgehead atoms. The van der Waals surface area contributed by atoms with Crippen LogP contribution in [0.4, 0.5) is 22.6 Å². The molecule has 0 aliphatic carbocycles. The Morgan fingerprint density at radius 2 is 1.67 bits per heavy atom. The molecule has 0 aliphatic heterocycles. The summed E-state index contributed by atoms with van der Waals surface area (Å²) in [5, 5.41) is 10.0. The van der Waals surface area contributed by atoms with Crippen molar-refractivity contribution in [3.63, 3.8) is 0 Å². The van der Waals surface area contributed by atoms with Gasteiger partial charge >= 0.3 is 6.18 Å². The van der Waals surface area contributed by atoms with Gasteiger partial charge in [-0.25, -0.2) is 12.8 Å². The third-order valence-electron chi connectivity index (χ3n) is 4.89. The second-order valence-corrected chi connectivity index (χ2v) is 10.0. The van der Waals surface area contributed by atoms with Crippen molar-refractivity contribution < 1.29 is 26.0 Å². The molecule has 0 spiro atoms. The maximum Gasteiger partial charge on any atom is 0.419 e. The highest BCUT2D eigenvalue weighted by Gasteiger charge is 2.35. The molecule has 4 rings (SSSR count). The molecule has 0 saturated carbocycles. The Morgan fingerprint density at radius 1 is 0.970 bits per heavy atom. The van der Waals surface area contributed by atoms with Crippen LogP contribution in [0.5, 0.6) is 0 Å². The zero-order chi connectivity index (χ0) is 23.8. The molecule has 168 valence electrons. The highest BCUT2D eigenvalue weighted by molar-refractivity contribution is 7.93. The molecule has 0 unspecified atom stereocenters. The van der Waals surface area contributed by atoms with Crippen molar-refractivity contribution in [3.05, 3.63) is 95.3 Å². The Kier molecular flexibility index (Phi) is 5.86. The molecule has 0 N–H and O–H groups in total. The standard InChI is InChI=1S/C23H14F4N2O2S2/c24-20-10-7-16(11-19(20)23(25,26)27)14-29(22-12-17-3-1-2-4-21(17)32-22)33(30,31)18-8-5-15(13-28)6-9-18/h1-12H,14H2. The van der Waals surface area contributed by atoms with Crippen molar-refractivity contribution in [2.75, 3.05) is 4.31 Å². The van der Waals surface area contributed by atoms with E-state index in [1.54, 1.807) is 30.3 Å². The summed E-state index contributed by atoms with van der Waals surface area (Å²) in [4.78, 5) is -0.128. The Bertz CT molecular complexity index is 1440. The summed E-state index contributed by atoms with van der Waals surface area (Å²) < 4.78 is 82.2. The first-order valence-electron chi connectivity index (χ1n) is 9.47. The number of alkyl halides is 3. The smallest absolute Gasteiger partial charge is 0.253 e. The van der Waals surface area contributed by atoms with E-state index >= 15 is 0 Å². The number of hydrogen-bond acceptors (Lipinski definition) is 4. The second kappa shape index (κ2) is 8.50. The Labute approximate surface area is 191 Å². The van der Waals surface area contributed by atoms with E-state index in [9.17, 15) is 26.0 Å². The highest BCUT2D eigenvalue weighted by Crippen LogP contribution is 2.37. The van der Waals surface area contributed by atoms with Gasteiger partial charge in [0.1, 0.15) is 10.8 Å². The predicted molar refractivity (Wildman–Crippen MR) is 118 cm³/mol. The molecule has 0 radical (unpaired) electrons. The fraction of sp³-hybridized carbons (Fsp3) is 0.0870. The van der Waals surface area contributed by atoms with E-state index in [0.717, 1.165) is 31.8 Å². The summed E-state index contributed by atoms with van der Waals surface area (Å²) >= 11 is 1.16. The molecule has 0 amide bonds. The second-order valence-electron chi connectivity index (χ2n) is 7.08. The van der Waals surface area contributed by atoms with Crippen LogP contribution in [0.2, 0.25) is 0 Å². The molecule has 4 aromatic rings. The van der Waals surface area contributed by atoms with Gasteiger partial charge in [-0.1, -0.05) is 24.3 Å². The molecule has 10 heteroatoms.